The van der Waals surface area contributed by atoms with Gasteiger partial charge in [0.2, 0.25) is 0 Å². The average Bonchev–Trinajstić information content (AvgIpc) is 3.01. The summed E-state index contributed by atoms with van der Waals surface area (Å²) in [4.78, 5) is 28.1. The maximum Gasteiger partial charge on any atom is 0.272 e. The minimum absolute atomic E-state index is 0.0399. The van der Waals surface area contributed by atoms with Crippen LogP contribution < -0.4 is 8.61 Å². The van der Waals surface area contributed by atoms with E-state index in [0.717, 1.165) is 11.1 Å². The van der Waals surface area contributed by atoms with Crippen LogP contribution in [-0.4, -0.2) is 28.6 Å². The highest BCUT2D eigenvalue weighted by Gasteiger charge is 2.37. The van der Waals surface area contributed by atoms with E-state index in [1.807, 2.05) is 13.8 Å². The van der Waals surface area contributed by atoms with Gasteiger partial charge in [-0.15, -0.1) is 0 Å². The number of nitrogens with zero attached hydrogens (tertiary/aromatic N) is 2. The van der Waals surface area contributed by atoms with Gasteiger partial charge in [-0.05, 0) is 137 Å². The molecule has 0 unspecified atom stereocenters. The lowest BCUT2D eigenvalue weighted by Crippen LogP contribution is -2.39. The zero-order chi connectivity index (χ0) is 36.7. The van der Waals surface area contributed by atoms with Crippen molar-refractivity contribution in [2.75, 3.05) is 8.61 Å². The van der Waals surface area contributed by atoms with Crippen molar-refractivity contribution in [3.63, 3.8) is 0 Å². The van der Waals surface area contributed by atoms with Gasteiger partial charge in [0.05, 0.1) is 21.2 Å². The molecule has 50 heavy (non-hydrogen) atoms. The van der Waals surface area contributed by atoms with Crippen LogP contribution >= 0.6 is 23.2 Å². The van der Waals surface area contributed by atoms with E-state index in [-0.39, 0.29) is 32.3 Å². The van der Waals surface area contributed by atoms with Gasteiger partial charge in [-0.2, -0.15) is 8.61 Å². The van der Waals surface area contributed by atoms with Crippen molar-refractivity contribution in [3.8, 4) is 0 Å². The van der Waals surface area contributed by atoms with Gasteiger partial charge in [-0.1, -0.05) is 58.6 Å². The molecule has 5 aromatic carbocycles. The van der Waals surface area contributed by atoms with Crippen LogP contribution in [0.3, 0.4) is 0 Å². The van der Waals surface area contributed by atoms with Crippen molar-refractivity contribution in [1.29, 1.82) is 0 Å². The smallest absolute Gasteiger partial charge is 0.268 e. The molecular formula is C38H34Cl2N2O6S2. The molecule has 0 aliphatic carbocycles. The fourth-order valence-electron chi connectivity index (χ4n) is 6.20. The highest BCUT2D eigenvalue weighted by molar-refractivity contribution is 7.94. The maximum atomic E-state index is 14.5. The largest absolute Gasteiger partial charge is 0.272 e. The van der Waals surface area contributed by atoms with Gasteiger partial charge < -0.3 is 0 Å². The molecule has 8 nitrogen and oxygen atoms in total. The number of carbonyl (C=O) groups excluding carboxylic acids is 2. The zero-order valence-corrected chi connectivity index (χ0v) is 31.3. The summed E-state index contributed by atoms with van der Waals surface area (Å²) in [6.07, 6.45) is 0. The van der Waals surface area contributed by atoms with Crippen molar-refractivity contribution >= 4 is 66.4 Å². The molecule has 258 valence electrons. The van der Waals surface area contributed by atoms with E-state index < -0.39 is 31.9 Å². The monoisotopic (exact) mass is 748 g/mol. The number of carbonyl (C=O) groups is 2. The highest BCUT2D eigenvalue weighted by Crippen LogP contribution is 2.35. The summed E-state index contributed by atoms with van der Waals surface area (Å²) in [6.45, 7) is 10.3. The molecule has 0 N–H and O–H groups in total. The number of amides is 2. The number of hydrogen-bond acceptors (Lipinski definition) is 6. The van der Waals surface area contributed by atoms with Crippen molar-refractivity contribution in [3.05, 3.63) is 152 Å². The number of halogens is 2. The van der Waals surface area contributed by atoms with Crippen LogP contribution in [-0.2, 0) is 20.0 Å². The number of benzene rings is 5. The first-order chi connectivity index (χ1) is 23.4. The summed E-state index contributed by atoms with van der Waals surface area (Å²) >= 11 is 12.1. The Labute approximate surface area is 303 Å². The van der Waals surface area contributed by atoms with E-state index in [4.69, 9.17) is 23.2 Å². The predicted octanol–water partition coefficient (Wildman–Crippen LogP) is 8.92. The molecule has 0 atom stereocenters. The topological polar surface area (TPSA) is 109 Å². The third kappa shape index (κ3) is 7.07. The molecule has 0 saturated heterocycles. The first kappa shape index (κ1) is 36.8. The van der Waals surface area contributed by atoms with Gasteiger partial charge in [-0.25, -0.2) is 16.8 Å². The van der Waals surface area contributed by atoms with Gasteiger partial charge >= 0.3 is 0 Å². The molecule has 5 rings (SSSR count). The Kier molecular flexibility index (Phi) is 10.3. The molecule has 0 aromatic heterocycles. The third-order valence-corrected chi connectivity index (χ3v) is 12.6. The fraction of sp³-hybridized carbons (Fsp3) is 0.158. The molecule has 0 saturated carbocycles. The van der Waals surface area contributed by atoms with Gasteiger partial charge in [0, 0.05) is 21.2 Å². The number of sulfonamides is 2. The standard InChI is InChI=1S/C38H34Cl2N2O6S2/c1-23-19-25(3)35(26(4)20-23)49(45,46)41(37(43)29-7-11-31(39)12-8-29)33-15-17-34(18-16-33)42(38(44)30-9-13-32(40)14-10-30)50(47,48)36-27(5)21-24(2)22-28(36)6/h7-22H,1-6H3. The Morgan fingerprint density at radius 1 is 0.460 bits per heavy atom. The SMILES string of the molecule is Cc1cc(C)c(S(=O)(=O)N(C(=O)c2ccc(Cl)cc2)c2ccc(N(C(=O)c3ccc(Cl)cc3)S(=O)(=O)c3c(C)cc(C)cc3C)cc2)c(C)c1. The highest BCUT2D eigenvalue weighted by atomic mass is 35.5. The Balaban J connectivity index is 1.71. The van der Waals surface area contributed by atoms with Crippen LogP contribution in [0.2, 0.25) is 10.0 Å². The molecule has 0 fully saturated rings. The molecule has 12 heteroatoms. The Morgan fingerprint density at radius 2 is 0.720 bits per heavy atom. The van der Waals surface area contributed by atoms with E-state index in [0.29, 0.717) is 40.9 Å². The van der Waals surface area contributed by atoms with Crippen LogP contribution in [0, 0.1) is 41.5 Å². The lowest BCUT2D eigenvalue weighted by molar-refractivity contribution is 0.0996. The van der Waals surface area contributed by atoms with E-state index in [2.05, 4.69) is 0 Å². The lowest BCUT2D eigenvalue weighted by atomic mass is 10.1. The Bertz CT molecular complexity index is 2140. The van der Waals surface area contributed by atoms with Crippen LogP contribution in [0.25, 0.3) is 0 Å². The number of anilines is 2. The van der Waals surface area contributed by atoms with E-state index in [1.165, 1.54) is 72.8 Å². The molecule has 0 aliphatic rings. The Morgan fingerprint density at radius 3 is 0.980 bits per heavy atom. The zero-order valence-electron chi connectivity index (χ0n) is 28.2. The summed E-state index contributed by atoms with van der Waals surface area (Å²) in [7, 11) is -9.07. The summed E-state index contributed by atoms with van der Waals surface area (Å²) < 4.78 is 59.2. The van der Waals surface area contributed by atoms with E-state index in [9.17, 15) is 26.4 Å². The second-order valence-corrected chi connectivity index (χ2v) is 16.5. The van der Waals surface area contributed by atoms with Gasteiger partial charge in [0.1, 0.15) is 0 Å². The minimum atomic E-state index is -4.53. The second kappa shape index (κ2) is 14.0. The van der Waals surface area contributed by atoms with Crippen LogP contribution in [0.15, 0.2) is 107 Å². The molecule has 0 aliphatic heterocycles. The number of aryl methyl sites for hydroxylation is 6. The summed E-state index contributed by atoms with van der Waals surface area (Å²) in [5.74, 6) is -1.72. The van der Waals surface area contributed by atoms with Crippen LogP contribution in [0.1, 0.15) is 54.1 Å². The van der Waals surface area contributed by atoms with Crippen molar-refractivity contribution < 1.29 is 26.4 Å². The lowest BCUT2D eigenvalue weighted by Gasteiger charge is -2.27. The molecule has 5 aromatic rings. The Hall–Kier alpha value is -4.48. The van der Waals surface area contributed by atoms with E-state index >= 15 is 0 Å². The van der Waals surface area contributed by atoms with Crippen LogP contribution in [0.4, 0.5) is 11.4 Å². The summed E-state index contributed by atoms with van der Waals surface area (Å²) in [5, 5.41) is 0.715. The number of hydrogen-bond donors (Lipinski definition) is 0. The predicted molar refractivity (Wildman–Crippen MR) is 199 cm³/mol. The molecule has 0 heterocycles. The van der Waals surface area contributed by atoms with E-state index in [1.54, 1.807) is 52.0 Å². The maximum absolute atomic E-state index is 14.5. The first-order valence-electron chi connectivity index (χ1n) is 15.4. The van der Waals surface area contributed by atoms with Crippen molar-refractivity contribution in [2.24, 2.45) is 0 Å². The van der Waals surface area contributed by atoms with Crippen molar-refractivity contribution in [2.45, 2.75) is 51.3 Å². The summed E-state index contributed by atoms with van der Waals surface area (Å²) in [5.41, 5.74) is 3.44. The second-order valence-electron chi connectivity index (χ2n) is 12.1. The fourth-order valence-corrected chi connectivity index (χ4v) is 10.1. The molecular weight excluding hydrogens is 715 g/mol. The van der Waals surface area contributed by atoms with Gasteiger partial charge in [0.25, 0.3) is 31.9 Å². The minimum Gasteiger partial charge on any atom is -0.268 e. The molecule has 0 spiro atoms. The molecule has 2 amide bonds. The van der Waals surface area contributed by atoms with Crippen molar-refractivity contribution in [1.82, 2.24) is 0 Å². The third-order valence-electron chi connectivity index (χ3n) is 8.08. The molecule has 0 radical (unpaired) electrons. The number of rotatable bonds is 8. The quantitative estimate of drug-likeness (QED) is 0.157. The summed E-state index contributed by atoms with van der Waals surface area (Å²) in [6, 6.07) is 23.6. The molecule has 0 bridgehead atoms. The first-order valence-corrected chi connectivity index (χ1v) is 19.0. The van der Waals surface area contributed by atoms with Gasteiger partial charge in [-0.3, -0.25) is 9.59 Å². The average molecular weight is 750 g/mol. The normalized spacial score (nSPS) is 11.7. The van der Waals surface area contributed by atoms with Gasteiger partial charge in [0.15, 0.2) is 0 Å². The van der Waals surface area contributed by atoms with Crippen LogP contribution in [0.5, 0.6) is 0 Å².